The van der Waals surface area contributed by atoms with Crippen LogP contribution in [0.25, 0.3) is 0 Å². The molecule has 2 aromatic carbocycles. The van der Waals surface area contributed by atoms with Gasteiger partial charge in [0.05, 0.1) is 22.4 Å². The van der Waals surface area contributed by atoms with Gasteiger partial charge in [-0.3, -0.25) is 29.4 Å². The number of fused-ring (bicyclic) bond motifs is 7. The van der Waals surface area contributed by atoms with Gasteiger partial charge in [-0.05, 0) is 50.4 Å². The van der Waals surface area contributed by atoms with Crippen LogP contribution in [-0.4, -0.2) is 40.1 Å². The van der Waals surface area contributed by atoms with Crippen molar-refractivity contribution in [1.29, 1.82) is 0 Å². The number of aryl methyl sites for hydroxylation is 1. The summed E-state index contributed by atoms with van der Waals surface area (Å²) in [4.78, 5) is 55.2. The molecule has 4 heterocycles. The zero-order chi connectivity index (χ0) is 23.2. The van der Waals surface area contributed by atoms with Crippen LogP contribution in [0.15, 0.2) is 36.4 Å². The van der Waals surface area contributed by atoms with Gasteiger partial charge in [0.25, 0.3) is 5.69 Å². The van der Waals surface area contributed by atoms with Gasteiger partial charge in [-0.25, -0.2) is 4.90 Å². The smallest absolute Gasteiger partial charge is 0.271 e. The highest BCUT2D eigenvalue weighted by atomic mass is 16.6. The minimum Gasteiger partial charge on any atom is -0.324 e. The summed E-state index contributed by atoms with van der Waals surface area (Å²) in [6, 6.07) is 9.18. The molecular weight excluding hydrogens is 424 g/mol. The molecule has 9 heteroatoms. The standard InChI is InChI=1S/C24H22N4O5/c1-12-8-9-16-20(13(12)2)25-23(31)24(16)19-18(17-7-4-10-26(17)24)21(29)27(22(19)30)14-5-3-6-15(11-14)28(32)33/h3,5-6,8-9,11,17-19H,4,7,10H2,1-2H3,(H,25,31)/t17-,18+,19-,24+/m0/s1. The van der Waals surface area contributed by atoms with E-state index >= 15 is 0 Å². The summed E-state index contributed by atoms with van der Waals surface area (Å²) in [5.74, 6) is -2.67. The Morgan fingerprint density at radius 3 is 2.67 bits per heavy atom. The minimum atomic E-state index is -1.25. The van der Waals surface area contributed by atoms with Crippen LogP contribution in [0.4, 0.5) is 17.1 Å². The lowest BCUT2D eigenvalue weighted by Gasteiger charge is -2.36. The maximum atomic E-state index is 13.9. The third-order valence-electron chi connectivity index (χ3n) is 8.00. The van der Waals surface area contributed by atoms with E-state index in [-0.39, 0.29) is 29.2 Å². The Morgan fingerprint density at radius 2 is 1.91 bits per heavy atom. The van der Waals surface area contributed by atoms with E-state index in [1.165, 1.54) is 24.3 Å². The second-order valence-corrected chi connectivity index (χ2v) is 9.35. The second kappa shape index (κ2) is 6.48. The van der Waals surface area contributed by atoms with Crippen molar-refractivity contribution in [3.63, 3.8) is 0 Å². The molecule has 1 spiro atoms. The first-order chi connectivity index (χ1) is 15.8. The molecule has 4 aliphatic heterocycles. The summed E-state index contributed by atoms with van der Waals surface area (Å²) in [5.41, 5.74) is 2.18. The van der Waals surface area contributed by atoms with Crippen LogP contribution < -0.4 is 10.2 Å². The largest absolute Gasteiger partial charge is 0.324 e. The molecule has 4 atom stereocenters. The average molecular weight is 446 g/mol. The molecule has 9 nitrogen and oxygen atoms in total. The summed E-state index contributed by atoms with van der Waals surface area (Å²) in [6.07, 6.45) is 1.56. The van der Waals surface area contributed by atoms with Crippen LogP contribution in [0, 0.1) is 35.8 Å². The number of imide groups is 1. The molecule has 0 unspecified atom stereocenters. The molecule has 168 valence electrons. The molecule has 0 bridgehead atoms. The third-order valence-corrected chi connectivity index (χ3v) is 8.00. The molecule has 0 aromatic heterocycles. The Hall–Kier alpha value is -3.59. The fourth-order valence-corrected chi connectivity index (χ4v) is 6.52. The second-order valence-electron chi connectivity index (χ2n) is 9.35. The molecule has 6 rings (SSSR count). The minimum absolute atomic E-state index is 0.173. The molecule has 3 fully saturated rings. The Kier molecular flexibility index (Phi) is 3.93. The Labute approximate surface area is 189 Å². The van der Waals surface area contributed by atoms with E-state index in [4.69, 9.17) is 0 Å². The van der Waals surface area contributed by atoms with E-state index in [0.717, 1.165) is 40.1 Å². The summed E-state index contributed by atoms with van der Waals surface area (Å²) >= 11 is 0. The van der Waals surface area contributed by atoms with Gasteiger partial charge in [0.15, 0.2) is 0 Å². The summed E-state index contributed by atoms with van der Waals surface area (Å²) in [6.45, 7) is 4.55. The Bertz CT molecular complexity index is 1290. The van der Waals surface area contributed by atoms with Crippen molar-refractivity contribution in [2.75, 3.05) is 16.8 Å². The lowest BCUT2D eigenvalue weighted by Crippen LogP contribution is -2.54. The average Bonchev–Trinajstić information content (AvgIpc) is 3.49. The number of hydrogen-bond acceptors (Lipinski definition) is 6. The molecule has 0 aliphatic carbocycles. The van der Waals surface area contributed by atoms with Gasteiger partial charge < -0.3 is 5.32 Å². The fourth-order valence-electron chi connectivity index (χ4n) is 6.52. The van der Waals surface area contributed by atoms with Crippen molar-refractivity contribution in [3.05, 3.63) is 63.2 Å². The highest BCUT2D eigenvalue weighted by Crippen LogP contribution is 2.61. The fraction of sp³-hybridized carbons (Fsp3) is 0.375. The number of nitro groups is 1. The molecule has 4 aliphatic rings. The van der Waals surface area contributed by atoms with Crippen molar-refractivity contribution in [1.82, 2.24) is 4.90 Å². The summed E-state index contributed by atoms with van der Waals surface area (Å²) in [7, 11) is 0. The van der Waals surface area contributed by atoms with Crippen LogP contribution in [-0.2, 0) is 19.9 Å². The first-order valence-electron chi connectivity index (χ1n) is 11.1. The van der Waals surface area contributed by atoms with Crippen molar-refractivity contribution >= 4 is 34.8 Å². The van der Waals surface area contributed by atoms with Gasteiger partial charge >= 0.3 is 0 Å². The third kappa shape index (κ3) is 2.27. The van der Waals surface area contributed by atoms with Gasteiger partial charge in [0, 0.05) is 29.4 Å². The maximum Gasteiger partial charge on any atom is 0.271 e. The van der Waals surface area contributed by atoms with E-state index < -0.39 is 28.2 Å². The van der Waals surface area contributed by atoms with E-state index in [9.17, 15) is 24.5 Å². The van der Waals surface area contributed by atoms with Crippen LogP contribution in [0.2, 0.25) is 0 Å². The highest BCUT2D eigenvalue weighted by molar-refractivity contribution is 6.26. The van der Waals surface area contributed by atoms with Crippen molar-refractivity contribution in [3.8, 4) is 0 Å². The number of non-ortho nitro benzene ring substituents is 1. The van der Waals surface area contributed by atoms with Crippen LogP contribution in [0.1, 0.15) is 29.5 Å². The Balaban J connectivity index is 1.55. The molecule has 3 amide bonds. The SMILES string of the molecule is Cc1ccc2c(c1C)NC(=O)[C@]21[C@@H]2C(=O)N(c3cccc([N+](=O)[O-])c3)C(=O)[C@@H]2[C@@H]2CCCN21. The van der Waals surface area contributed by atoms with Crippen LogP contribution >= 0.6 is 0 Å². The van der Waals surface area contributed by atoms with Crippen LogP contribution in [0.3, 0.4) is 0 Å². The molecule has 0 radical (unpaired) electrons. The monoisotopic (exact) mass is 446 g/mol. The molecule has 2 aromatic rings. The number of nitrogens with zero attached hydrogens (tertiary/aromatic N) is 3. The topological polar surface area (TPSA) is 113 Å². The number of rotatable bonds is 2. The van der Waals surface area contributed by atoms with Gasteiger partial charge in [-0.15, -0.1) is 0 Å². The maximum absolute atomic E-state index is 13.9. The lowest BCUT2D eigenvalue weighted by molar-refractivity contribution is -0.384. The lowest BCUT2D eigenvalue weighted by atomic mass is 9.75. The van der Waals surface area contributed by atoms with E-state index in [1.807, 2.05) is 26.0 Å². The predicted octanol–water partition coefficient (Wildman–Crippen LogP) is 2.64. The first-order valence-corrected chi connectivity index (χ1v) is 11.1. The molecule has 3 saturated heterocycles. The van der Waals surface area contributed by atoms with E-state index in [2.05, 4.69) is 10.2 Å². The molecule has 33 heavy (non-hydrogen) atoms. The summed E-state index contributed by atoms with van der Waals surface area (Å²) in [5, 5.41) is 14.3. The van der Waals surface area contributed by atoms with Gasteiger partial charge in [-0.2, -0.15) is 0 Å². The number of amides is 3. The van der Waals surface area contributed by atoms with Gasteiger partial charge in [0.1, 0.15) is 5.54 Å². The normalized spacial score (nSPS) is 30.1. The zero-order valence-electron chi connectivity index (χ0n) is 18.2. The van der Waals surface area contributed by atoms with E-state index in [0.29, 0.717) is 6.54 Å². The summed E-state index contributed by atoms with van der Waals surface area (Å²) < 4.78 is 0. The van der Waals surface area contributed by atoms with Crippen molar-refractivity contribution in [2.45, 2.75) is 38.3 Å². The highest BCUT2D eigenvalue weighted by Gasteiger charge is 2.74. The number of hydrogen-bond donors (Lipinski definition) is 1. The first kappa shape index (κ1) is 20.0. The molecule has 1 N–H and O–H groups in total. The number of nitrogens with one attached hydrogen (secondary N) is 1. The zero-order valence-corrected chi connectivity index (χ0v) is 18.2. The number of anilines is 2. The number of carbonyl (C=O) groups is 3. The number of benzene rings is 2. The predicted molar refractivity (Wildman–Crippen MR) is 119 cm³/mol. The molecular formula is C24H22N4O5. The quantitative estimate of drug-likeness (QED) is 0.431. The molecule has 0 saturated carbocycles. The Morgan fingerprint density at radius 1 is 1.12 bits per heavy atom. The van der Waals surface area contributed by atoms with Crippen molar-refractivity contribution in [2.24, 2.45) is 11.8 Å². The number of nitro benzene ring substituents is 1. The van der Waals surface area contributed by atoms with Crippen molar-refractivity contribution < 1.29 is 19.3 Å². The number of carbonyl (C=O) groups excluding carboxylic acids is 3. The van der Waals surface area contributed by atoms with Gasteiger partial charge in [0.2, 0.25) is 17.7 Å². The van der Waals surface area contributed by atoms with Gasteiger partial charge in [-0.1, -0.05) is 18.2 Å². The van der Waals surface area contributed by atoms with E-state index in [1.54, 1.807) is 0 Å². The van der Waals surface area contributed by atoms with Crippen LogP contribution in [0.5, 0.6) is 0 Å².